The lowest BCUT2D eigenvalue weighted by Gasteiger charge is -2.24. The quantitative estimate of drug-likeness (QED) is 0.283. The maximum atomic E-state index is 12.5. The molecule has 146 valence electrons. The van der Waals surface area contributed by atoms with Gasteiger partial charge in [0, 0.05) is 12.3 Å². The Morgan fingerprint density at radius 2 is 2.07 bits per heavy atom. The minimum atomic E-state index is -1.02. The van der Waals surface area contributed by atoms with Gasteiger partial charge in [0.2, 0.25) is 6.41 Å². The minimum Gasteiger partial charge on any atom is -0.465 e. The molecule has 0 saturated carbocycles. The van der Waals surface area contributed by atoms with Gasteiger partial charge in [-0.05, 0) is 32.9 Å². The summed E-state index contributed by atoms with van der Waals surface area (Å²) in [4.78, 5) is 59.1. The van der Waals surface area contributed by atoms with Gasteiger partial charge in [-0.2, -0.15) is 0 Å². The molecule has 0 saturated heterocycles. The molecule has 0 fully saturated rings. The molecule has 27 heavy (non-hydrogen) atoms. The van der Waals surface area contributed by atoms with E-state index in [1.54, 1.807) is 13.8 Å². The lowest BCUT2D eigenvalue weighted by Crippen LogP contribution is -2.50. The molecule has 10 nitrogen and oxygen atoms in total. The number of anilines is 1. The molecule has 1 aromatic rings. The summed E-state index contributed by atoms with van der Waals surface area (Å²) in [6, 6.07) is 1.85. The van der Waals surface area contributed by atoms with Crippen LogP contribution in [0.3, 0.4) is 0 Å². The fraction of sp³-hybridized carbons (Fsp3) is 0.353. The molecule has 10 heteroatoms. The van der Waals surface area contributed by atoms with Gasteiger partial charge in [0.15, 0.2) is 0 Å². The fourth-order valence-corrected chi connectivity index (χ4v) is 2.08. The first kappa shape index (κ1) is 21.6. The number of rotatable bonds is 8. The maximum Gasteiger partial charge on any atom is 0.327 e. The third-order valence-electron chi connectivity index (χ3n) is 3.40. The van der Waals surface area contributed by atoms with Gasteiger partial charge in [-0.25, -0.2) is 5.01 Å². The van der Waals surface area contributed by atoms with Crippen LogP contribution < -0.4 is 16.3 Å². The van der Waals surface area contributed by atoms with Crippen LogP contribution in [0.15, 0.2) is 35.3 Å². The SMILES string of the molecule is C/C=C/C(=O)N(CC(=O)OCC)NC(=O)C(C)n1cccc(NC=O)c1=O. The zero-order valence-corrected chi connectivity index (χ0v) is 15.3. The number of amides is 3. The third kappa shape index (κ3) is 6.10. The van der Waals surface area contributed by atoms with Gasteiger partial charge in [0.05, 0.1) is 6.61 Å². The molecule has 0 spiro atoms. The number of allylic oxidation sites excluding steroid dienone is 1. The Bertz CT molecular complexity index is 786. The van der Waals surface area contributed by atoms with E-state index < -0.39 is 35.9 Å². The Morgan fingerprint density at radius 1 is 1.37 bits per heavy atom. The summed E-state index contributed by atoms with van der Waals surface area (Å²) in [5.41, 5.74) is 1.72. The number of ether oxygens (including phenoxy) is 1. The summed E-state index contributed by atoms with van der Waals surface area (Å²) in [5, 5.41) is 3.05. The minimum absolute atomic E-state index is 0.000484. The normalized spacial score (nSPS) is 11.5. The molecule has 3 amide bonds. The summed E-state index contributed by atoms with van der Waals surface area (Å²) < 4.78 is 5.87. The van der Waals surface area contributed by atoms with Gasteiger partial charge in [0.25, 0.3) is 17.4 Å². The van der Waals surface area contributed by atoms with Crippen molar-refractivity contribution in [2.24, 2.45) is 0 Å². The maximum absolute atomic E-state index is 12.5. The molecule has 0 aliphatic rings. The van der Waals surface area contributed by atoms with Crippen molar-refractivity contribution >= 4 is 29.9 Å². The first-order chi connectivity index (χ1) is 12.8. The molecule has 0 aromatic carbocycles. The molecule has 0 aliphatic carbocycles. The van der Waals surface area contributed by atoms with E-state index >= 15 is 0 Å². The van der Waals surface area contributed by atoms with E-state index in [0.717, 1.165) is 9.58 Å². The number of pyridine rings is 1. The highest BCUT2D eigenvalue weighted by atomic mass is 16.5. The number of hydrazine groups is 1. The molecule has 0 aliphatic heterocycles. The molecular formula is C17H22N4O6. The van der Waals surface area contributed by atoms with Crippen LogP contribution in [0.2, 0.25) is 0 Å². The number of hydrogen-bond acceptors (Lipinski definition) is 6. The van der Waals surface area contributed by atoms with Crippen molar-refractivity contribution in [3.8, 4) is 0 Å². The van der Waals surface area contributed by atoms with E-state index in [-0.39, 0.29) is 12.3 Å². The van der Waals surface area contributed by atoms with Crippen molar-refractivity contribution in [2.45, 2.75) is 26.8 Å². The Hall–Kier alpha value is -3.43. The lowest BCUT2D eigenvalue weighted by atomic mass is 10.3. The van der Waals surface area contributed by atoms with Crippen LogP contribution in [0.25, 0.3) is 0 Å². The van der Waals surface area contributed by atoms with Crippen molar-refractivity contribution in [3.63, 3.8) is 0 Å². The molecule has 1 aromatic heterocycles. The van der Waals surface area contributed by atoms with Gasteiger partial charge in [-0.3, -0.25) is 29.4 Å². The highest BCUT2D eigenvalue weighted by Gasteiger charge is 2.23. The molecule has 2 N–H and O–H groups in total. The van der Waals surface area contributed by atoms with Crippen molar-refractivity contribution in [3.05, 3.63) is 40.8 Å². The molecule has 0 bridgehead atoms. The molecule has 1 rings (SSSR count). The summed E-state index contributed by atoms with van der Waals surface area (Å²) in [6.45, 7) is 4.29. The number of carbonyl (C=O) groups is 4. The van der Waals surface area contributed by atoms with Crippen LogP contribution in [-0.4, -0.2) is 46.9 Å². The second kappa shape index (κ2) is 10.5. The number of aromatic nitrogens is 1. The predicted octanol–water partition coefficient (Wildman–Crippen LogP) is -0.0234. The topological polar surface area (TPSA) is 127 Å². The highest BCUT2D eigenvalue weighted by molar-refractivity contribution is 5.92. The zero-order valence-electron chi connectivity index (χ0n) is 15.3. The molecule has 1 heterocycles. The van der Waals surface area contributed by atoms with E-state index in [4.69, 9.17) is 4.74 Å². The summed E-state index contributed by atoms with van der Waals surface area (Å²) in [5.74, 6) is -2.03. The van der Waals surface area contributed by atoms with Crippen molar-refractivity contribution in [2.75, 3.05) is 18.5 Å². The number of nitrogens with zero attached hydrogens (tertiary/aromatic N) is 2. The average Bonchev–Trinajstić information content (AvgIpc) is 2.63. The standard InChI is InChI=1S/C17H22N4O6/c1-4-7-14(23)21(10-15(24)27-5-2)19-16(25)12(3)20-9-6-8-13(17(20)26)18-11-22/h4,6-9,11-12H,5,10H2,1-3H3,(H,18,22)(H,19,25)/b7-4+. The number of hydrogen-bond donors (Lipinski definition) is 2. The monoisotopic (exact) mass is 378 g/mol. The van der Waals surface area contributed by atoms with E-state index in [1.807, 2.05) is 0 Å². The van der Waals surface area contributed by atoms with Crippen LogP contribution in [0, 0.1) is 0 Å². The summed E-state index contributed by atoms with van der Waals surface area (Å²) >= 11 is 0. The van der Waals surface area contributed by atoms with E-state index in [1.165, 1.54) is 37.4 Å². The summed E-state index contributed by atoms with van der Waals surface area (Å²) in [6.07, 6.45) is 4.34. The van der Waals surface area contributed by atoms with Crippen LogP contribution in [0.1, 0.15) is 26.8 Å². The highest BCUT2D eigenvalue weighted by Crippen LogP contribution is 2.06. The van der Waals surface area contributed by atoms with Crippen LogP contribution in [0.4, 0.5) is 5.69 Å². The Balaban J connectivity index is 3.01. The Morgan fingerprint density at radius 3 is 2.67 bits per heavy atom. The molecule has 1 atom stereocenters. The van der Waals surface area contributed by atoms with Gasteiger partial charge in [-0.1, -0.05) is 6.08 Å². The van der Waals surface area contributed by atoms with Gasteiger partial charge >= 0.3 is 5.97 Å². The second-order valence-electron chi connectivity index (χ2n) is 5.28. The average molecular weight is 378 g/mol. The van der Waals surface area contributed by atoms with Gasteiger partial charge < -0.3 is 14.6 Å². The second-order valence-corrected chi connectivity index (χ2v) is 5.28. The Kier molecular flexibility index (Phi) is 8.43. The van der Waals surface area contributed by atoms with Crippen LogP contribution in [0.5, 0.6) is 0 Å². The number of nitrogens with one attached hydrogen (secondary N) is 2. The van der Waals surface area contributed by atoms with Crippen molar-refractivity contribution < 1.29 is 23.9 Å². The lowest BCUT2D eigenvalue weighted by molar-refractivity contribution is -0.151. The number of carbonyl (C=O) groups excluding carboxylic acids is 4. The first-order valence-corrected chi connectivity index (χ1v) is 8.17. The zero-order chi connectivity index (χ0) is 20.4. The van der Waals surface area contributed by atoms with Crippen LogP contribution in [-0.2, 0) is 23.9 Å². The summed E-state index contributed by atoms with van der Waals surface area (Å²) in [7, 11) is 0. The molecule has 1 unspecified atom stereocenters. The van der Waals surface area contributed by atoms with Gasteiger partial charge in [0.1, 0.15) is 18.3 Å². The molecular weight excluding hydrogens is 356 g/mol. The van der Waals surface area contributed by atoms with Crippen molar-refractivity contribution in [1.29, 1.82) is 0 Å². The Labute approximate surface area is 155 Å². The molecule has 0 radical (unpaired) electrons. The smallest absolute Gasteiger partial charge is 0.327 e. The van der Waals surface area contributed by atoms with E-state index in [2.05, 4.69) is 10.7 Å². The van der Waals surface area contributed by atoms with Crippen molar-refractivity contribution in [1.82, 2.24) is 15.0 Å². The van der Waals surface area contributed by atoms with Crippen LogP contribution >= 0.6 is 0 Å². The third-order valence-corrected chi connectivity index (χ3v) is 3.40. The van der Waals surface area contributed by atoms with E-state index in [9.17, 15) is 24.0 Å². The number of esters is 1. The fourth-order valence-electron chi connectivity index (χ4n) is 2.08. The van der Waals surface area contributed by atoms with Gasteiger partial charge in [-0.15, -0.1) is 0 Å². The van der Waals surface area contributed by atoms with E-state index in [0.29, 0.717) is 6.41 Å². The predicted molar refractivity (Wildman–Crippen MR) is 96.4 cm³/mol. The largest absolute Gasteiger partial charge is 0.465 e. The first-order valence-electron chi connectivity index (χ1n) is 8.17.